The van der Waals surface area contributed by atoms with Crippen LogP contribution in [0.15, 0.2) is 54.2 Å². The lowest BCUT2D eigenvalue weighted by Gasteiger charge is -2.28. The van der Waals surface area contributed by atoms with Crippen LogP contribution in [0.1, 0.15) is 29.3 Å². The second-order valence-corrected chi connectivity index (χ2v) is 7.92. The molecular weight excluding hydrogens is 394 g/mol. The third-order valence-corrected chi connectivity index (χ3v) is 5.81. The summed E-state index contributed by atoms with van der Waals surface area (Å²) in [6.07, 6.45) is 2.36. The van der Waals surface area contributed by atoms with E-state index in [1.54, 1.807) is 35.4 Å². The number of likely N-dealkylation sites (tertiary alicyclic amines) is 1. The molecule has 1 aromatic carbocycles. The number of hydrogen-bond donors (Lipinski definition) is 1. The summed E-state index contributed by atoms with van der Waals surface area (Å²) in [5.74, 6) is -1.42. The van der Waals surface area contributed by atoms with E-state index in [2.05, 4.69) is 9.88 Å². The first-order chi connectivity index (χ1) is 15.1. The molecule has 31 heavy (non-hydrogen) atoms. The Bertz CT molecular complexity index is 966. The molecule has 1 unspecified atom stereocenters. The predicted molar refractivity (Wildman–Crippen MR) is 116 cm³/mol. The fourth-order valence-electron chi connectivity index (χ4n) is 4.11. The van der Waals surface area contributed by atoms with Crippen LogP contribution in [0.5, 0.6) is 0 Å². The van der Waals surface area contributed by atoms with Crippen LogP contribution in [0.25, 0.3) is 5.76 Å². The van der Waals surface area contributed by atoms with Crippen molar-refractivity contribution in [1.82, 2.24) is 14.8 Å². The number of carbonyl (C=O) groups is 2. The molecule has 2 saturated heterocycles. The van der Waals surface area contributed by atoms with E-state index in [0.717, 1.165) is 44.8 Å². The number of benzene rings is 1. The quantitative estimate of drug-likeness (QED) is 0.439. The van der Waals surface area contributed by atoms with Gasteiger partial charge in [-0.25, -0.2) is 0 Å². The first kappa shape index (κ1) is 21.2. The number of rotatable bonds is 6. The van der Waals surface area contributed by atoms with Gasteiger partial charge in [0.2, 0.25) is 0 Å². The number of nitrogens with zero attached hydrogens (tertiary/aromatic N) is 3. The van der Waals surface area contributed by atoms with E-state index in [9.17, 15) is 14.7 Å². The number of morpholine rings is 1. The van der Waals surface area contributed by atoms with Gasteiger partial charge in [0.1, 0.15) is 11.8 Å². The van der Waals surface area contributed by atoms with Gasteiger partial charge in [-0.05, 0) is 25.5 Å². The maximum absolute atomic E-state index is 13.0. The van der Waals surface area contributed by atoms with Gasteiger partial charge in [-0.15, -0.1) is 0 Å². The van der Waals surface area contributed by atoms with Crippen LogP contribution in [-0.4, -0.2) is 71.0 Å². The van der Waals surface area contributed by atoms with E-state index in [0.29, 0.717) is 17.8 Å². The van der Waals surface area contributed by atoms with Crippen molar-refractivity contribution >= 4 is 17.4 Å². The van der Waals surface area contributed by atoms with Gasteiger partial charge in [-0.1, -0.05) is 35.9 Å². The molecule has 0 bridgehead atoms. The molecule has 2 aliphatic rings. The molecule has 2 fully saturated rings. The largest absolute Gasteiger partial charge is 0.507 e. The monoisotopic (exact) mass is 421 g/mol. The highest BCUT2D eigenvalue weighted by Crippen LogP contribution is 2.38. The molecule has 1 N–H and O–H groups in total. The minimum absolute atomic E-state index is 0.0962. The van der Waals surface area contributed by atoms with Crippen molar-refractivity contribution in [2.24, 2.45) is 0 Å². The van der Waals surface area contributed by atoms with Crippen LogP contribution in [0.2, 0.25) is 0 Å². The maximum atomic E-state index is 13.0. The van der Waals surface area contributed by atoms with E-state index < -0.39 is 17.7 Å². The van der Waals surface area contributed by atoms with Crippen molar-refractivity contribution < 1.29 is 19.4 Å². The SMILES string of the molecule is Cc1ccc(/C(O)=C2\C(=O)C(=O)N(CCCN3CCOCC3)C2c2ccccn2)cc1. The van der Waals surface area contributed by atoms with E-state index >= 15 is 0 Å². The van der Waals surface area contributed by atoms with Crippen LogP contribution >= 0.6 is 0 Å². The van der Waals surface area contributed by atoms with Crippen molar-refractivity contribution in [2.45, 2.75) is 19.4 Å². The van der Waals surface area contributed by atoms with Crippen molar-refractivity contribution in [1.29, 1.82) is 0 Å². The molecule has 4 rings (SSSR count). The van der Waals surface area contributed by atoms with Crippen molar-refractivity contribution in [3.05, 3.63) is 71.1 Å². The average molecular weight is 421 g/mol. The number of Topliss-reactive ketones (excluding diaryl/α,β-unsaturated/α-hetero) is 1. The first-order valence-corrected chi connectivity index (χ1v) is 10.6. The second-order valence-electron chi connectivity index (χ2n) is 7.92. The minimum Gasteiger partial charge on any atom is -0.507 e. The van der Waals surface area contributed by atoms with E-state index in [4.69, 9.17) is 4.74 Å². The molecule has 1 amide bonds. The third kappa shape index (κ3) is 4.52. The molecule has 0 spiro atoms. The number of ketones is 1. The lowest BCUT2D eigenvalue weighted by molar-refractivity contribution is -0.140. The number of aryl methyl sites for hydroxylation is 1. The highest BCUT2D eigenvalue weighted by Gasteiger charge is 2.46. The summed E-state index contributed by atoms with van der Waals surface area (Å²) in [5, 5.41) is 11.0. The Balaban J connectivity index is 1.64. The van der Waals surface area contributed by atoms with E-state index in [-0.39, 0.29) is 11.3 Å². The molecule has 7 heteroatoms. The summed E-state index contributed by atoms with van der Waals surface area (Å²) in [5.41, 5.74) is 2.22. The Morgan fingerprint density at radius 1 is 1.10 bits per heavy atom. The van der Waals surface area contributed by atoms with Gasteiger partial charge in [0.25, 0.3) is 11.7 Å². The number of aliphatic hydroxyl groups is 1. The Labute approximate surface area is 182 Å². The van der Waals surface area contributed by atoms with Gasteiger partial charge in [0.05, 0.1) is 24.5 Å². The fraction of sp³-hybridized carbons (Fsp3) is 0.375. The zero-order chi connectivity index (χ0) is 21.8. The number of aromatic nitrogens is 1. The van der Waals surface area contributed by atoms with Gasteiger partial charge < -0.3 is 14.7 Å². The van der Waals surface area contributed by atoms with E-state index in [1.807, 2.05) is 25.1 Å². The molecule has 1 atom stereocenters. The summed E-state index contributed by atoms with van der Waals surface area (Å²) in [4.78, 5) is 34.2. The summed E-state index contributed by atoms with van der Waals surface area (Å²) in [6.45, 7) is 6.36. The van der Waals surface area contributed by atoms with E-state index in [1.165, 1.54) is 0 Å². The van der Waals surface area contributed by atoms with Crippen molar-refractivity contribution in [2.75, 3.05) is 39.4 Å². The molecule has 162 valence electrons. The molecular formula is C24H27N3O4. The zero-order valence-corrected chi connectivity index (χ0v) is 17.7. The zero-order valence-electron chi connectivity index (χ0n) is 17.7. The lowest BCUT2D eigenvalue weighted by atomic mass is 9.98. The second kappa shape index (κ2) is 9.41. The number of ether oxygens (including phenoxy) is 1. The van der Waals surface area contributed by atoms with Crippen LogP contribution in [-0.2, 0) is 14.3 Å². The summed E-state index contributed by atoms with van der Waals surface area (Å²) in [6, 6.07) is 11.9. The number of aliphatic hydroxyl groups excluding tert-OH is 1. The van der Waals surface area contributed by atoms with Gasteiger partial charge in [-0.3, -0.25) is 19.5 Å². The highest BCUT2D eigenvalue weighted by molar-refractivity contribution is 6.46. The summed E-state index contributed by atoms with van der Waals surface area (Å²) in [7, 11) is 0. The summed E-state index contributed by atoms with van der Waals surface area (Å²) >= 11 is 0. The Morgan fingerprint density at radius 2 is 1.84 bits per heavy atom. The summed E-state index contributed by atoms with van der Waals surface area (Å²) < 4.78 is 5.38. The molecule has 3 heterocycles. The number of pyridine rings is 1. The van der Waals surface area contributed by atoms with Gasteiger partial charge >= 0.3 is 0 Å². The molecule has 0 saturated carbocycles. The fourth-order valence-corrected chi connectivity index (χ4v) is 4.11. The standard InChI is InChI=1S/C24H27N3O4/c1-17-6-8-18(9-7-17)22(28)20-21(19-5-2-3-10-25-19)27(24(30)23(20)29)12-4-11-26-13-15-31-16-14-26/h2-3,5-10,21,28H,4,11-16H2,1H3/b22-20+. The Hall–Kier alpha value is -3.03. The molecule has 2 aromatic rings. The third-order valence-electron chi connectivity index (χ3n) is 5.81. The molecule has 7 nitrogen and oxygen atoms in total. The normalized spacial score (nSPS) is 21.6. The molecule has 1 aromatic heterocycles. The van der Waals surface area contributed by atoms with Crippen LogP contribution < -0.4 is 0 Å². The topological polar surface area (TPSA) is 83.0 Å². The van der Waals surface area contributed by atoms with Crippen molar-refractivity contribution in [3.63, 3.8) is 0 Å². The predicted octanol–water partition coefficient (Wildman–Crippen LogP) is 2.53. The Morgan fingerprint density at radius 3 is 2.52 bits per heavy atom. The highest BCUT2D eigenvalue weighted by atomic mass is 16.5. The molecule has 2 aliphatic heterocycles. The first-order valence-electron chi connectivity index (χ1n) is 10.6. The Kier molecular flexibility index (Phi) is 6.44. The molecule has 0 radical (unpaired) electrons. The molecule has 0 aliphatic carbocycles. The average Bonchev–Trinajstić information content (AvgIpc) is 3.05. The smallest absolute Gasteiger partial charge is 0.295 e. The van der Waals surface area contributed by atoms with Crippen molar-refractivity contribution in [3.8, 4) is 0 Å². The van der Waals surface area contributed by atoms with Gasteiger partial charge in [0.15, 0.2) is 0 Å². The lowest BCUT2D eigenvalue weighted by Crippen LogP contribution is -2.39. The number of hydrogen-bond acceptors (Lipinski definition) is 6. The van der Waals surface area contributed by atoms with Crippen LogP contribution in [0.3, 0.4) is 0 Å². The number of amides is 1. The van der Waals surface area contributed by atoms with Crippen LogP contribution in [0, 0.1) is 6.92 Å². The van der Waals surface area contributed by atoms with Gasteiger partial charge in [-0.2, -0.15) is 0 Å². The minimum atomic E-state index is -0.702. The number of carbonyl (C=O) groups excluding carboxylic acids is 2. The maximum Gasteiger partial charge on any atom is 0.295 e. The van der Waals surface area contributed by atoms with Crippen LogP contribution in [0.4, 0.5) is 0 Å². The van der Waals surface area contributed by atoms with Gasteiger partial charge in [0, 0.05) is 37.9 Å².